The lowest BCUT2D eigenvalue weighted by atomic mass is 10.0. The SMILES string of the molecule is CNc1ncc(-c2ccc3ncc4c(c3c2)n(-c2ccc(N3CCCC3)nc2C)c(=O)n4C)cc1C(F)(F)F. The smallest absolute Gasteiger partial charge is 0.373 e. The highest BCUT2D eigenvalue weighted by molar-refractivity contribution is 6.04. The Bertz CT molecular complexity index is 1800. The number of benzene rings is 1. The van der Waals surface area contributed by atoms with E-state index < -0.39 is 11.7 Å². The van der Waals surface area contributed by atoms with Crippen LogP contribution in [0.25, 0.3) is 38.8 Å². The Morgan fingerprint density at radius 3 is 2.44 bits per heavy atom. The molecule has 0 atom stereocenters. The van der Waals surface area contributed by atoms with Crippen molar-refractivity contribution in [3.05, 3.63) is 70.5 Å². The van der Waals surface area contributed by atoms with E-state index in [1.54, 1.807) is 36.0 Å². The summed E-state index contributed by atoms with van der Waals surface area (Å²) in [5.74, 6) is 0.641. The number of anilines is 2. The molecule has 0 saturated carbocycles. The molecule has 0 unspecified atom stereocenters. The topological polar surface area (TPSA) is 80.9 Å². The van der Waals surface area contributed by atoms with Gasteiger partial charge in [-0.3, -0.25) is 14.1 Å². The molecule has 5 aromatic rings. The zero-order chi connectivity index (χ0) is 27.5. The molecule has 200 valence electrons. The molecule has 5 heterocycles. The Morgan fingerprint density at radius 2 is 1.74 bits per heavy atom. The van der Waals surface area contributed by atoms with Gasteiger partial charge in [-0.15, -0.1) is 0 Å². The minimum absolute atomic E-state index is 0.242. The third-order valence-corrected chi connectivity index (χ3v) is 7.36. The largest absolute Gasteiger partial charge is 0.419 e. The van der Waals surface area contributed by atoms with Gasteiger partial charge in [0.15, 0.2) is 0 Å². The molecule has 6 rings (SSSR count). The summed E-state index contributed by atoms with van der Waals surface area (Å²) in [7, 11) is 3.08. The molecule has 11 heteroatoms. The van der Waals surface area contributed by atoms with Crippen LogP contribution in [0, 0.1) is 6.92 Å². The number of nitrogens with one attached hydrogen (secondary N) is 1. The van der Waals surface area contributed by atoms with Crippen LogP contribution in [0.2, 0.25) is 0 Å². The summed E-state index contributed by atoms with van der Waals surface area (Å²) in [6, 6.07) is 10.1. The van der Waals surface area contributed by atoms with Crippen LogP contribution in [0.1, 0.15) is 24.1 Å². The Kier molecular flexibility index (Phi) is 5.81. The van der Waals surface area contributed by atoms with Gasteiger partial charge in [0.05, 0.1) is 39.7 Å². The molecule has 1 saturated heterocycles. The van der Waals surface area contributed by atoms with Crippen LogP contribution in [-0.2, 0) is 13.2 Å². The second-order valence-electron chi connectivity index (χ2n) is 9.74. The van der Waals surface area contributed by atoms with Gasteiger partial charge in [-0.05, 0) is 55.7 Å². The highest BCUT2D eigenvalue weighted by Gasteiger charge is 2.34. The van der Waals surface area contributed by atoms with Crippen LogP contribution in [-0.4, -0.2) is 44.2 Å². The van der Waals surface area contributed by atoms with E-state index in [0.29, 0.717) is 44.4 Å². The number of aromatic nitrogens is 5. The highest BCUT2D eigenvalue weighted by atomic mass is 19.4. The van der Waals surface area contributed by atoms with Crippen molar-refractivity contribution in [2.75, 3.05) is 30.4 Å². The van der Waals surface area contributed by atoms with Gasteiger partial charge in [-0.25, -0.2) is 14.8 Å². The summed E-state index contributed by atoms with van der Waals surface area (Å²) in [5, 5.41) is 3.14. The summed E-state index contributed by atoms with van der Waals surface area (Å²) in [5.41, 5.74) is 2.90. The van der Waals surface area contributed by atoms with E-state index in [1.165, 1.54) is 17.8 Å². The van der Waals surface area contributed by atoms with Gasteiger partial charge in [0.2, 0.25) is 0 Å². The van der Waals surface area contributed by atoms with E-state index in [1.807, 2.05) is 19.1 Å². The number of fused-ring (bicyclic) bond motifs is 3. The quantitative estimate of drug-likeness (QED) is 0.338. The molecule has 1 aromatic carbocycles. The van der Waals surface area contributed by atoms with Crippen molar-refractivity contribution in [3.8, 4) is 16.8 Å². The predicted molar refractivity (Wildman–Crippen MR) is 146 cm³/mol. The Hall–Kier alpha value is -4.41. The maximum Gasteiger partial charge on any atom is 0.419 e. The van der Waals surface area contributed by atoms with Crippen molar-refractivity contribution in [2.45, 2.75) is 25.9 Å². The van der Waals surface area contributed by atoms with Crippen molar-refractivity contribution in [1.82, 2.24) is 24.1 Å². The molecular formula is C28H26F3N7O. The van der Waals surface area contributed by atoms with Crippen LogP contribution in [0.4, 0.5) is 24.8 Å². The normalized spacial score (nSPS) is 14.1. The van der Waals surface area contributed by atoms with Crippen LogP contribution >= 0.6 is 0 Å². The molecule has 1 aliphatic rings. The Balaban J connectivity index is 1.57. The maximum absolute atomic E-state index is 13.7. The predicted octanol–water partition coefficient (Wildman–Crippen LogP) is 5.30. The molecule has 8 nitrogen and oxygen atoms in total. The first-order chi connectivity index (χ1) is 18.7. The van der Waals surface area contributed by atoms with Crippen molar-refractivity contribution < 1.29 is 13.2 Å². The van der Waals surface area contributed by atoms with Crippen molar-refractivity contribution in [1.29, 1.82) is 0 Å². The number of hydrogen-bond donors (Lipinski definition) is 1. The van der Waals surface area contributed by atoms with Crippen molar-refractivity contribution >= 4 is 33.6 Å². The maximum atomic E-state index is 13.7. The van der Waals surface area contributed by atoms with E-state index in [-0.39, 0.29) is 11.5 Å². The average Bonchev–Trinajstić information content (AvgIpc) is 3.55. The number of nitrogens with zero attached hydrogens (tertiary/aromatic N) is 6. The zero-order valence-corrected chi connectivity index (χ0v) is 21.7. The lowest BCUT2D eigenvalue weighted by Gasteiger charge is -2.18. The zero-order valence-electron chi connectivity index (χ0n) is 21.7. The summed E-state index contributed by atoms with van der Waals surface area (Å²) in [4.78, 5) is 29.1. The van der Waals surface area contributed by atoms with Gasteiger partial charge in [0.1, 0.15) is 11.6 Å². The highest BCUT2D eigenvalue weighted by Crippen LogP contribution is 2.37. The number of halogens is 3. The molecule has 1 N–H and O–H groups in total. The van der Waals surface area contributed by atoms with E-state index in [4.69, 9.17) is 4.98 Å². The summed E-state index contributed by atoms with van der Waals surface area (Å²) in [6.07, 6.45) is 0.730. The number of aryl methyl sites for hydroxylation is 2. The number of hydrogen-bond acceptors (Lipinski definition) is 6. The first kappa shape index (κ1) is 24.9. The molecule has 0 spiro atoms. The standard InChI is InChI=1S/C28H26F3N7O/c1-16-22(8-9-24(35-16)37-10-4-5-11-37)38-25-19-12-17(6-7-21(19)33-15-23(25)36(3)27(38)39)18-13-20(28(29,30)31)26(32-2)34-14-18/h6-9,12-15H,4-5,10-11H2,1-3H3,(H,32,34). The molecular weight excluding hydrogens is 507 g/mol. The van der Waals surface area contributed by atoms with E-state index in [9.17, 15) is 18.0 Å². The van der Waals surface area contributed by atoms with E-state index in [0.717, 1.165) is 37.8 Å². The summed E-state index contributed by atoms with van der Waals surface area (Å²) < 4.78 is 44.3. The van der Waals surface area contributed by atoms with Crippen LogP contribution in [0.3, 0.4) is 0 Å². The van der Waals surface area contributed by atoms with Crippen LogP contribution in [0.5, 0.6) is 0 Å². The van der Waals surface area contributed by atoms with Crippen molar-refractivity contribution in [2.24, 2.45) is 7.05 Å². The van der Waals surface area contributed by atoms with E-state index in [2.05, 4.69) is 20.2 Å². The molecule has 0 radical (unpaired) electrons. The van der Waals surface area contributed by atoms with Gasteiger partial charge in [0, 0.05) is 44.3 Å². The fraction of sp³-hybridized carbons (Fsp3) is 0.286. The first-order valence-electron chi connectivity index (χ1n) is 12.7. The number of rotatable bonds is 4. The molecule has 1 aliphatic heterocycles. The third kappa shape index (κ3) is 4.08. The Labute approximate surface area is 221 Å². The molecule has 0 amide bonds. The van der Waals surface area contributed by atoms with Crippen LogP contribution < -0.4 is 15.9 Å². The molecule has 1 fully saturated rings. The van der Waals surface area contributed by atoms with Gasteiger partial charge in [0.25, 0.3) is 0 Å². The molecule has 39 heavy (non-hydrogen) atoms. The monoisotopic (exact) mass is 533 g/mol. The summed E-state index contributed by atoms with van der Waals surface area (Å²) >= 11 is 0. The lowest BCUT2D eigenvalue weighted by Crippen LogP contribution is -2.23. The lowest BCUT2D eigenvalue weighted by molar-refractivity contribution is -0.137. The van der Waals surface area contributed by atoms with Gasteiger partial charge < -0.3 is 10.2 Å². The average molecular weight is 534 g/mol. The third-order valence-electron chi connectivity index (χ3n) is 7.36. The second-order valence-corrected chi connectivity index (χ2v) is 9.74. The van der Waals surface area contributed by atoms with Crippen LogP contribution in [0.15, 0.2) is 53.6 Å². The van der Waals surface area contributed by atoms with Gasteiger partial charge >= 0.3 is 11.9 Å². The van der Waals surface area contributed by atoms with Gasteiger partial charge in [-0.2, -0.15) is 13.2 Å². The first-order valence-corrected chi connectivity index (χ1v) is 12.7. The minimum atomic E-state index is -4.57. The molecule has 4 aromatic heterocycles. The second kappa shape index (κ2) is 9.11. The molecule has 0 bridgehead atoms. The minimum Gasteiger partial charge on any atom is -0.373 e. The Morgan fingerprint density at radius 1 is 0.974 bits per heavy atom. The number of pyridine rings is 3. The fourth-order valence-corrected chi connectivity index (χ4v) is 5.34. The summed E-state index contributed by atoms with van der Waals surface area (Å²) in [6.45, 7) is 3.79. The van der Waals surface area contributed by atoms with Crippen molar-refractivity contribution in [3.63, 3.8) is 0 Å². The number of alkyl halides is 3. The molecule has 0 aliphatic carbocycles. The van der Waals surface area contributed by atoms with Gasteiger partial charge in [-0.1, -0.05) is 6.07 Å². The fourth-order valence-electron chi connectivity index (χ4n) is 5.34. The number of imidazole rings is 1. The van der Waals surface area contributed by atoms with E-state index >= 15 is 0 Å².